The van der Waals surface area contributed by atoms with Crippen molar-refractivity contribution in [2.75, 3.05) is 12.4 Å². The van der Waals surface area contributed by atoms with Crippen molar-refractivity contribution in [3.05, 3.63) is 88.4 Å². The third kappa shape index (κ3) is 5.95. The Labute approximate surface area is 186 Å². The molecular weight excluding hydrogens is 418 g/mol. The lowest BCUT2D eigenvalue weighted by Crippen LogP contribution is -2.24. The molecule has 0 spiro atoms. The molecule has 154 valence electrons. The van der Waals surface area contributed by atoms with E-state index in [2.05, 4.69) is 15.8 Å². The van der Waals surface area contributed by atoms with E-state index in [4.69, 9.17) is 33.3 Å². The van der Waals surface area contributed by atoms with Crippen LogP contribution in [0, 0.1) is 6.92 Å². The van der Waals surface area contributed by atoms with Crippen molar-refractivity contribution in [2.45, 2.75) is 13.5 Å². The zero-order chi connectivity index (χ0) is 21.3. The molecule has 0 fully saturated rings. The molecule has 0 radical (unpaired) electrons. The van der Waals surface area contributed by atoms with Crippen molar-refractivity contribution >= 4 is 40.8 Å². The minimum atomic E-state index is 0.351. The first-order valence-electron chi connectivity index (χ1n) is 9.27. The van der Waals surface area contributed by atoms with Crippen LogP contribution >= 0.6 is 23.8 Å². The Morgan fingerprint density at radius 3 is 2.60 bits per heavy atom. The van der Waals surface area contributed by atoms with E-state index in [1.165, 1.54) is 0 Å². The summed E-state index contributed by atoms with van der Waals surface area (Å²) in [6, 6.07) is 21.0. The molecule has 3 aromatic carbocycles. The number of nitrogens with zero attached hydrogens (tertiary/aromatic N) is 1. The number of ether oxygens (including phenoxy) is 2. The average Bonchev–Trinajstić information content (AvgIpc) is 2.75. The monoisotopic (exact) mass is 439 g/mol. The molecule has 0 aromatic heterocycles. The van der Waals surface area contributed by atoms with Crippen molar-refractivity contribution < 1.29 is 9.47 Å². The fraction of sp³-hybridized carbons (Fsp3) is 0.130. The highest BCUT2D eigenvalue weighted by Crippen LogP contribution is 2.29. The minimum absolute atomic E-state index is 0.351. The van der Waals surface area contributed by atoms with Gasteiger partial charge in [0.1, 0.15) is 6.61 Å². The maximum Gasteiger partial charge on any atom is 0.191 e. The highest BCUT2D eigenvalue weighted by Gasteiger charge is 2.07. The van der Waals surface area contributed by atoms with Gasteiger partial charge in [0.2, 0.25) is 0 Å². The van der Waals surface area contributed by atoms with Crippen LogP contribution in [0.1, 0.15) is 16.7 Å². The molecule has 0 saturated carbocycles. The predicted molar refractivity (Wildman–Crippen MR) is 127 cm³/mol. The molecule has 0 saturated heterocycles. The van der Waals surface area contributed by atoms with E-state index in [0.29, 0.717) is 28.2 Å². The Morgan fingerprint density at radius 2 is 1.83 bits per heavy atom. The van der Waals surface area contributed by atoms with Gasteiger partial charge in [-0.1, -0.05) is 48.0 Å². The quantitative estimate of drug-likeness (QED) is 0.287. The van der Waals surface area contributed by atoms with Gasteiger partial charge in [-0.15, -0.1) is 0 Å². The number of halogens is 1. The maximum atomic E-state index is 6.18. The summed E-state index contributed by atoms with van der Waals surface area (Å²) in [5.41, 5.74) is 6.60. The number of thiocarbonyl (C=S) groups is 1. The summed E-state index contributed by atoms with van der Waals surface area (Å²) >= 11 is 11.5. The zero-order valence-electron chi connectivity index (χ0n) is 16.7. The lowest BCUT2D eigenvalue weighted by molar-refractivity contribution is 0.284. The first kappa shape index (κ1) is 21.6. The van der Waals surface area contributed by atoms with Crippen molar-refractivity contribution in [3.63, 3.8) is 0 Å². The second kappa shape index (κ2) is 10.6. The molecule has 0 aliphatic heterocycles. The number of rotatable bonds is 7. The van der Waals surface area contributed by atoms with Crippen LogP contribution in [0.4, 0.5) is 5.69 Å². The van der Waals surface area contributed by atoms with Gasteiger partial charge in [0, 0.05) is 16.3 Å². The van der Waals surface area contributed by atoms with Gasteiger partial charge in [0.25, 0.3) is 0 Å². The number of hydrazone groups is 1. The number of hydrogen-bond donors (Lipinski definition) is 2. The van der Waals surface area contributed by atoms with Crippen LogP contribution in [0.15, 0.2) is 71.8 Å². The number of hydrogen-bond acceptors (Lipinski definition) is 4. The Hall–Kier alpha value is -3.09. The molecule has 0 atom stereocenters. The van der Waals surface area contributed by atoms with Crippen LogP contribution in [0.5, 0.6) is 11.5 Å². The summed E-state index contributed by atoms with van der Waals surface area (Å²) in [5.74, 6) is 1.23. The number of anilines is 1. The third-order valence-corrected chi connectivity index (χ3v) is 4.86. The largest absolute Gasteiger partial charge is 0.493 e. The second-order valence-corrected chi connectivity index (χ2v) is 7.24. The molecule has 2 N–H and O–H groups in total. The Balaban J connectivity index is 1.59. The van der Waals surface area contributed by atoms with Crippen molar-refractivity contribution in [1.29, 1.82) is 0 Å². The van der Waals surface area contributed by atoms with Gasteiger partial charge in [0.05, 0.1) is 13.3 Å². The highest BCUT2D eigenvalue weighted by molar-refractivity contribution is 7.80. The third-order valence-electron chi connectivity index (χ3n) is 4.30. The lowest BCUT2D eigenvalue weighted by atomic mass is 10.2. The van der Waals surface area contributed by atoms with Gasteiger partial charge in [-0.25, -0.2) is 0 Å². The van der Waals surface area contributed by atoms with Crippen molar-refractivity contribution in [3.8, 4) is 11.5 Å². The summed E-state index contributed by atoms with van der Waals surface area (Å²) in [6.07, 6.45) is 1.66. The van der Waals surface area contributed by atoms with E-state index in [9.17, 15) is 0 Å². The average molecular weight is 440 g/mol. The lowest BCUT2D eigenvalue weighted by Gasteiger charge is -2.12. The molecule has 0 heterocycles. The maximum absolute atomic E-state index is 6.18. The molecule has 0 aliphatic carbocycles. The summed E-state index contributed by atoms with van der Waals surface area (Å²) < 4.78 is 11.3. The van der Waals surface area contributed by atoms with E-state index in [-0.39, 0.29) is 0 Å². The Morgan fingerprint density at radius 1 is 1.07 bits per heavy atom. The molecule has 0 amide bonds. The molecule has 0 aliphatic rings. The minimum Gasteiger partial charge on any atom is -0.493 e. The molecule has 7 heteroatoms. The fourth-order valence-electron chi connectivity index (χ4n) is 2.68. The molecule has 3 aromatic rings. The second-order valence-electron chi connectivity index (χ2n) is 6.43. The van der Waals surface area contributed by atoms with E-state index in [1.54, 1.807) is 13.3 Å². The van der Waals surface area contributed by atoms with Crippen LogP contribution in [0.3, 0.4) is 0 Å². The first-order valence-corrected chi connectivity index (χ1v) is 10.1. The zero-order valence-corrected chi connectivity index (χ0v) is 18.3. The number of benzene rings is 3. The van der Waals surface area contributed by atoms with Crippen LogP contribution < -0.4 is 20.2 Å². The first-order chi connectivity index (χ1) is 14.6. The van der Waals surface area contributed by atoms with E-state index in [0.717, 1.165) is 22.4 Å². The summed E-state index contributed by atoms with van der Waals surface area (Å²) in [5, 5.41) is 8.38. The van der Waals surface area contributed by atoms with E-state index >= 15 is 0 Å². The number of nitrogens with one attached hydrogen (secondary N) is 2. The standard InChI is InChI=1S/C23H22ClN3O2S/c1-16-7-3-6-10-20(16)26-23(30)27-25-14-17-11-12-21(22(13-17)28-2)29-15-18-8-4-5-9-19(18)24/h3-14H,15H2,1-2H3,(H2,26,27,30). The van der Waals surface area contributed by atoms with Gasteiger partial charge in [-0.05, 0) is 60.6 Å². The van der Waals surface area contributed by atoms with Crippen LogP contribution in [0.25, 0.3) is 0 Å². The number of aryl methyl sites for hydroxylation is 1. The van der Waals surface area contributed by atoms with E-state index < -0.39 is 0 Å². The predicted octanol–water partition coefficient (Wildman–Crippen LogP) is 5.56. The van der Waals surface area contributed by atoms with Crippen LogP contribution in [-0.2, 0) is 6.61 Å². The SMILES string of the molecule is COc1cc(C=NNC(=S)Nc2ccccc2C)ccc1OCc1ccccc1Cl. The summed E-state index contributed by atoms with van der Waals surface area (Å²) in [6.45, 7) is 2.36. The normalized spacial score (nSPS) is 10.6. The van der Waals surface area contributed by atoms with Crippen LogP contribution in [-0.4, -0.2) is 18.4 Å². The van der Waals surface area contributed by atoms with Crippen molar-refractivity contribution in [1.82, 2.24) is 5.43 Å². The Bertz CT molecular complexity index is 1060. The van der Waals surface area contributed by atoms with E-state index in [1.807, 2.05) is 73.7 Å². The summed E-state index contributed by atoms with van der Waals surface area (Å²) in [4.78, 5) is 0. The fourth-order valence-corrected chi connectivity index (χ4v) is 3.04. The summed E-state index contributed by atoms with van der Waals surface area (Å²) in [7, 11) is 1.60. The smallest absolute Gasteiger partial charge is 0.191 e. The molecule has 3 rings (SSSR count). The topological polar surface area (TPSA) is 54.9 Å². The number of methoxy groups -OCH3 is 1. The molecule has 30 heavy (non-hydrogen) atoms. The Kier molecular flexibility index (Phi) is 7.65. The van der Waals surface area contributed by atoms with Gasteiger partial charge < -0.3 is 14.8 Å². The van der Waals surface area contributed by atoms with Crippen molar-refractivity contribution in [2.24, 2.45) is 5.10 Å². The molecule has 0 bridgehead atoms. The van der Waals surface area contributed by atoms with Gasteiger partial charge in [-0.2, -0.15) is 5.10 Å². The molecule has 5 nitrogen and oxygen atoms in total. The molecular formula is C23H22ClN3O2S. The highest BCUT2D eigenvalue weighted by atomic mass is 35.5. The number of para-hydroxylation sites is 1. The van der Waals surface area contributed by atoms with Gasteiger partial charge >= 0.3 is 0 Å². The van der Waals surface area contributed by atoms with Crippen LogP contribution in [0.2, 0.25) is 5.02 Å². The van der Waals surface area contributed by atoms with Gasteiger partial charge in [0.15, 0.2) is 16.6 Å². The van der Waals surface area contributed by atoms with Gasteiger partial charge in [-0.3, -0.25) is 5.43 Å². The molecule has 0 unspecified atom stereocenters.